The summed E-state index contributed by atoms with van der Waals surface area (Å²) in [6.45, 7) is 2.18. The number of benzene rings is 2. The van der Waals surface area contributed by atoms with Crippen LogP contribution in [0.5, 0.6) is 17.2 Å². The van der Waals surface area contributed by atoms with Crippen LogP contribution >= 0.6 is 11.6 Å². The largest absolute Gasteiger partial charge is 0.493 e. The number of nitrogens with one attached hydrogen (secondary N) is 1. The summed E-state index contributed by atoms with van der Waals surface area (Å²) < 4.78 is 16.1. The average molecular weight is 364 g/mol. The molecule has 0 spiro atoms. The van der Waals surface area contributed by atoms with Crippen molar-refractivity contribution in [3.63, 3.8) is 0 Å². The Morgan fingerprint density at radius 2 is 1.80 bits per heavy atom. The molecule has 1 amide bonds. The van der Waals surface area contributed by atoms with E-state index in [-0.39, 0.29) is 5.91 Å². The lowest BCUT2D eigenvalue weighted by atomic mass is 10.1. The van der Waals surface area contributed by atoms with Crippen molar-refractivity contribution in [2.24, 2.45) is 0 Å². The van der Waals surface area contributed by atoms with E-state index >= 15 is 0 Å². The second kappa shape index (κ2) is 9.18. The number of carbonyl (C=O) groups excluding carboxylic acids is 1. The first-order valence-corrected chi connectivity index (χ1v) is 8.32. The van der Waals surface area contributed by atoms with Gasteiger partial charge in [0, 0.05) is 6.54 Å². The van der Waals surface area contributed by atoms with Gasteiger partial charge >= 0.3 is 0 Å². The molecule has 2 aromatic rings. The third-order valence-corrected chi connectivity index (χ3v) is 3.98. The van der Waals surface area contributed by atoms with Crippen LogP contribution in [-0.4, -0.2) is 32.8 Å². The van der Waals surface area contributed by atoms with E-state index in [0.29, 0.717) is 35.2 Å². The van der Waals surface area contributed by atoms with Crippen molar-refractivity contribution in [2.45, 2.75) is 19.4 Å². The minimum Gasteiger partial charge on any atom is -0.493 e. The van der Waals surface area contributed by atoms with Crippen molar-refractivity contribution in [3.05, 3.63) is 53.1 Å². The van der Waals surface area contributed by atoms with Crippen LogP contribution in [0.25, 0.3) is 0 Å². The van der Waals surface area contributed by atoms with Crippen LogP contribution in [0, 0.1) is 0 Å². The first-order chi connectivity index (χ1) is 12.0. The minimum absolute atomic E-state index is 0.194. The lowest BCUT2D eigenvalue weighted by molar-refractivity contribution is -0.127. The Bertz CT molecular complexity index is 720. The molecule has 1 atom stereocenters. The second-order valence-electron chi connectivity index (χ2n) is 5.42. The Morgan fingerprint density at radius 1 is 1.08 bits per heavy atom. The van der Waals surface area contributed by atoms with Gasteiger partial charge in [0.1, 0.15) is 5.75 Å². The van der Waals surface area contributed by atoms with Crippen LogP contribution in [0.15, 0.2) is 42.5 Å². The van der Waals surface area contributed by atoms with Crippen molar-refractivity contribution >= 4 is 17.5 Å². The molecule has 0 bridgehead atoms. The molecule has 0 aromatic heterocycles. The van der Waals surface area contributed by atoms with Crippen LogP contribution in [0.3, 0.4) is 0 Å². The fraction of sp³-hybridized carbons (Fsp3) is 0.316. The molecule has 0 heterocycles. The molecule has 6 heteroatoms. The standard InChI is InChI=1S/C19H22ClNO4/c1-13(25-16-7-5-4-6-15(16)20)19(22)21-11-10-14-8-9-17(23-2)18(12-14)24-3/h4-9,12-13H,10-11H2,1-3H3,(H,21,22)/t13-/m1/s1. The fourth-order valence-corrected chi connectivity index (χ4v) is 2.47. The molecule has 0 unspecified atom stereocenters. The van der Waals surface area contributed by atoms with Gasteiger partial charge in [-0.3, -0.25) is 4.79 Å². The van der Waals surface area contributed by atoms with E-state index in [4.69, 9.17) is 25.8 Å². The van der Waals surface area contributed by atoms with Gasteiger partial charge in [0.05, 0.1) is 19.2 Å². The molecule has 0 aliphatic heterocycles. The summed E-state index contributed by atoms with van der Waals surface area (Å²) in [5.74, 6) is 1.64. The maximum atomic E-state index is 12.1. The van der Waals surface area contributed by atoms with Gasteiger partial charge in [-0.15, -0.1) is 0 Å². The van der Waals surface area contributed by atoms with Crippen LogP contribution in [0.1, 0.15) is 12.5 Å². The van der Waals surface area contributed by atoms with E-state index in [1.807, 2.05) is 30.3 Å². The summed E-state index contributed by atoms with van der Waals surface area (Å²) in [6, 6.07) is 12.8. The first kappa shape index (κ1) is 18.9. The molecular weight excluding hydrogens is 342 g/mol. The summed E-state index contributed by atoms with van der Waals surface area (Å²) in [7, 11) is 3.19. The van der Waals surface area contributed by atoms with Gasteiger partial charge in [-0.05, 0) is 43.2 Å². The molecule has 2 rings (SSSR count). The van der Waals surface area contributed by atoms with Crippen molar-refractivity contribution < 1.29 is 19.0 Å². The van der Waals surface area contributed by atoms with E-state index < -0.39 is 6.10 Å². The number of methoxy groups -OCH3 is 2. The molecule has 0 aliphatic carbocycles. The molecule has 5 nitrogen and oxygen atoms in total. The number of rotatable bonds is 8. The molecule has 25 heavy (non-hydrogen) atoms. The molecule has 0 fully saturated rings. The molecule has 0 saturated carbocycles. The predicted octanol–water partition coefficient (Wildman–Crippen LogP) is 3.48. The Hall–Kier alpha value is -2.40. The third-order valence-electron chi connectivity index (χ3n) is 3.67. The summed E-state index contributed by atoms with van der Waals surface area (Å²) in [5.41, 5.74) is 1.04. The molecule has 0 aliphatic rings. The molecule has 0 radical (unpaired) electrons. The number of amides is 1. The quantitative estimate of drug-likeness (QED) is 0.780. The lowest BCUT2D eigenvalue weighted by Gasteiger charge is -2.15. The van der Waals surface area contributed by atoms with Gasteiger partial charge in [0.15, 0.2) is 17.6 Å². The number of para-hydroxylation sites is 1. The number of carbonyl (C=O) groups is 1. The Balaban J connectivity index is 1.84. The summed E-state index contributed by atoms with van der Waals surface area (Å²) in [4.78, 5) is 12.1. The van der Waals surface area contributed by atoms with Crippen molar-refractivity contribution in [1.82, 2.24) is 5.32 Å². The van der Waals surface area contributed by atoms with Gasteiger partial charge in [-0.2, -0.15) is 0 Å². The summed E-state index contributed by atoms with van der Waals surface area (Å²) >= 11 is 6.03. The fourth-order valence-electron chi connectivity index (χ4n) is 2.29. The van der Waals surface area contributed by atoms with Crippen LogP contribution in [-0.2, 0) is 11.2 Å². The van der Waals surface area contributed by atoms with E-state index in [1.165, 1.54) is 0 Å². The summed E-state index contributed by atoms with van der Waals surface area (Å²) in [6.07, 6.45) is 0.0376. The SMILES string of the molecule is COc1ccc(CCNC(=O)[C@@H](C)Oc2ccccc2Cl)cc1OC. The highest BCUT2D eigenvalue weighted by molar-refractivity contribution is 6.32. The Kier molecular flexibility index (Phi) is 6.95. The van der Waals surface area contributed by atoms with Crippen LogP contribution in [0.4, 0.5) is 0 Å². The molecular formula is C19H22ClNO4. The van der Waals surface area contributed by atoms with Crippen LogP contribution < -0.4 is 19.5 Å². The van der Waals surface area contributed by atoms with Crippen molar-refractivity contribution in [2.75, 3.05) is 20.8 Å². The first-order valence-electron chi connectivity index (χ1n) is 7.95. The molecule has 134 valence electrons. The zero-order valence-electron chi connectivity index (χ0n) is 14.5. The van der Waals surface area contributed by atoms with Crippen LogP contribution in [0.2, 0.25) is 5.02 Å². The lowest BCUT2D eigenvalue weighted by Crippen LogP contribution is -2.37. The molecule has 1 N–H and O–H groups in total. The van der Waals surface area contributed by atoms with E-state index in [2.05, 4.69) is 5.32 Å². The monoisotopic (exact) mass is 363 g/mol. The number of ether oxygens (including phenoxy) is 3. The zero-order chi connectivity index (χ0) is 18.2. The highest BCUT2D eigenvalue weighted by atomic mass is 35.5. The summed E-state index contributed by atoms with van der Waals surface area (Å²) in [5, 5.41) is 3.34. The average Bonchev–Trinajstić information content (AvgIpc) is 2.63. The smallest absolute Gasteiger partial charge is 0.260 e. The van der Waals surface area contributed by atoms with Gasteiger partial charge < -0.3 is 19.5 Å². The van der Waals surface area contributed by atoms with E-state index in [0.717, 1.165) is 5.56 Å². The molecule has 2 aromatic carbocycles. The minimum atomic E-state index is -0.634. The Labute approximate surface area is 152 Å². The van der Waals surface area contributed by atoms with Gasteiger partial charge in [0.2, 0.25) is 0 Å². The normalized spacial score (nSPS) is 11.5. The Morgan fingerprint density at radius 3 is 2.48 bits per heavy atom. The predicted molar refractivity (Wildman–Crippen MR) is 97.8 cm³/mol. The van der Waals surface area contributed by atoms with Gasteiger partial charge in [-0.25, -0.2) is 0 Å². The highest BCUT2D eigenvalue weighted by Gasteiger charge is 2.15. The highest BCUT2D eigenvalue weighted by Crippen LogP contribution is 2.27. The maximum Gasteiger partial charge on any atom is 0.260 e. The molecule has 0 saturated heterocycles. The third kappa shape index (κ3) is 5.29. The topological polar surface area (TPSA) is 56.8 Å². The van der Waals surface area contributed by atoms with Crippen molar-refractivity contribution in [3.8, 4) is 17.2 Å². The second-order valence-corrected chi connectivity index (χ2v) is 5.83. The van der Waals surface area contributed by atoms with Gasteiger partial charge in [0.25, 0.3) is 5.91 Å². The number of hydrogen-bond acceptors (Lipinski definition) is 4. The maximum absolute atomic E-state index is 12.1. The van der Waals surface area contributed by atoms with Gasteiger partial charge in [-0.1, -0.05) is 29.8 Å². The number of hydrogen-bond donors (Lipinski definition) is 1. The van der Waals surface area contributed by atoms with Crippen molar-refractivity contribution in [1.29, 1.82) is 0 Å². The number of halogens is 1. The van der Waals surface area contributed by atoms with E-state index in [1.54, 1.807) is 33.3 Å². The zero-order valence-corrected chi connectivity index (χ0v) is 15.3. The van der Waals surface area contributed by atoms with E-state index in [9.17, 15) is 4.79 Å².